The minimum Gasteiger partial charge on any atom is -0.352 e. The van der Waals surface area contributed by atoms with Gasteiger partial charge in [0.05, 0.1) is 6.54 Å². The zero-order chi connectivity index (χ0) is 12.1. The van der Waals surface area contributed by atoms with Crippen LogP contribution in [-0.2, 0) is 4.79 Å². The Balaban J connectivity index is 1.59. The van der Waals surface area contributed by atoms with E-state index in [1.165, 1.54) is 44.9 Å². The maximum atomic E-state index is 11.7. The van der Waals surface area contributed by atoms with Crippen LogP contribution in [0.1, 0.15) is 51.9 Å². The summed E-state index contributed by atoms with van der Waals surface area (Å²) in [7, 11) is 0. The number of carbonyl (C=O) groups is 1. The summed E-state index contributed by atoms with van der Waals surface area (Å²) in [6.07, 6.45) is 8.93. The smallest absolute Gasteiger partial charge is 0.234 e. The van der Waals surface area contributed by atoms with Crippen molar-refractivity contribution in [1.29, 1.82) is 0 Å². The molecule has 2 unspecified atom stereocenters. The molecule has 0 spiro atoms. The van der Waals surface area contributed by atoms with Crippen LogP contribution in [-0.4, -0.2) is 25.0 Å². The second-order valence-corrected chi connectivity index (χ2v) is 5.78. The molecule has 17 heavy (non-hydrogen) atoms. The van der Waals surface area contributed by atoms with E-state index in [0.29, 0.717) is 12.6 Å². The van der Waals surface area contributed by atoms with Crippen molar-refractivity contribution in [1.82, 2.24) is 10.6 Å². The van der Waals surface area contributed by atoms with Gasteiger partial charge in [-0.25, -0.2) is 0 Å². The van der Waals surface area contributed by atoms with Crippen LogP contribution >= 0.6 is 0 Å². The summed E-state index contributed by atoms with van der Waals surface area (Å²) in [6, 6.07) is 0.434. The van der Waals surface area contributed by atoms with E-state index in [-0.39, 0.29) is 5.91 Å². The van der Waals surface area contributed by atoms with E-state index in [1.54, 1.807) is 0 Å². The van der Waals surface area contributed by atoms with Crippen molar-refractivity contribution in [2.24, 2.45) is 11.8 Å². The fraction of sp³-hybridized carbons (Fsp3) is 0.929. The standard InChI is InChI=1S/C14H26N2O/c1-2-11-4-3-5-13(8-11)16-14(17)10-15-9-12-6-7-12/h11-13,15H,2-10H2,1H3,(H,16,17). The van der Waals surface area contributed by atoms with Gasteiger partial charge in [-0.2, -0.15) is 0 Å². The van der Waals surface area contributed by atoms with Gasteiger partial charge < -0.3 is 10.6 Å². The summed E-state index contributed by atoms with van der Waals surface area (Å²) in [5.41, 5.74) is 0. The number of nitrogens with one attached hydrogen (secondary N) is 2. The highest BCUT2D eigenvalue weighted by atomic mass is 16.1. The van der Waals surface area contributed by atoms with Gasteiger partial charge in [0, 0.05) is 6.04 Å². The van der Waals surface area contributed by atoms with E-state index >= 15 is 0 Å². The summed E-state index contributed by atoms with van der Waals surface area (Å²) >= 11 is 0. The van der Waals surface area contributed by atoms with Gasteiger partial charge in [0.2, 0.25) is 5.91 Å². The summed E-state index contributed by atoms with van der Waals surface area (Å²) in [5.74, 6) is 1.86. The third-order valence-electron chi connectivity index (χ3n) is 4.14. The molecule has 0 aromatic rings. The van der Waals surface area contributed by atoms with Crippen molar-refractivity contribution in [3.63, 3.8) is 0 Å². The third kappa shape index (κ3) is 4.66. The lowest BCUT2D eigenvalue weighted by Crippen LogP contribution is -2.42. The zero-order valence-electron chi connectivity index (χ0n) is 11.0. The molecule has 2 saturated carbocycles. The normalized spacial score (nSPS) is 29.0. The number of carbonyl (C=O) groups excluding carboxylic acids is 1. The number of hydrogen-bond donors (Lipinski definition) is 2. The van der Waals surface area contributed by atoms with Crippen LogP contribution in [0.15, 0.2) is 0 Å². The first kappa shape index (κ1) is 12.9. The highest BCUT2D eigenvalue weighted by molar-refractivity contribution is 5.78. The van der Waals surface area contributed by atoms with Gasteiger partial charge in [0.15, 0.2) is 0 Å². The highest BCUT2D eigenvalue weighted by Gasteiger charge is 2.23. The van der Waals surface area contributed by atoms with Gasteiger partial charge in [-0.15, -0.1) is 0 Å². The molecule has 2 rings (SSSR count). The Labute approximate surface area is 105 Å². The van der Waals surface area contributed by atoms with Crippen LogP contribution in [0.4, 0.5) is 0 Å². The molecule has 98 valence electrons. The van der Waals surface area contributed by atoms with Gasteiger partial charge in [-0.3, -0.25) is 4.79 Å². The molecule has 1 amide bonds. The SMILES string of the molecule is CCC1CCCC(NC(=O)CNCC2CC2)C1. The van der Waals surface area contributed by atoms with Crippen molar-refractivity contribution in [2.45, 2.75) is 57.9 Å². The molecule has 0 aliphatic heterocycles. The number of amides is 1. The lowest BCUT2D eigenvalue weighted by Gasteiger charge is -2.29. The van der Waals surface area contributed by atoms with Crippen LogP contribution < -0.4 is 10.6 Å². The van der Waals surface area contributed by atoms with Crippen molar-refractivity contribution < 1.29 is 4.79 Å². The highest BCUT2D eigenvalue weighted by Crippen LogP contribution is 2.27. The fourth-order valence-electron chi connectivity index (χ4n) is 2.78. The van der Waals surface area contributed by atoms with Crippen LogP contribution in [0.25, 0.3) is 0 Å². The molecular weight excluding hydrogens is 212 g/mol. The minimum atomic E-state index is 0.187. The van der Waals surface area contributed by atoms with E-state index in [0.717, 1.165) is 18.4 Å². The Kier molecular flexibility index (Phi) is 4.84. The zero-order valence-corrected chi connectivity index (χ0v) is 11.0. The second kappa shape index (κ2) is 6.39. The van der Waals surface area contributed by atoms with E-state index in [9.17, 15) is 4.79 Å². The molecule has 0 radical (unpaired) electrons. The predicted molar refractivity (Wildman–Crippen MR) is 69.8 cm³/mol. The van der Waals surface area contributed by atoms with E-state index < -0.39 is 0 Å². The Hall–Kier alpha value is -0.570. The Bertz CT molecular complexity index is 251. The molecule has 0 aromatic heterocycles. The van der Waals surface area contributed by atoms with E-state index in [1.807, 2.05) is 0 Å². The van der Waals surface area contributed by atoms with Gasteiger partial charge in [-0.1, -0.05) is 26.2 Å². The van der Waals surface area contributed by atoms with E-state index in [4.69, 9.17) is 0 Å². The van der Waals surface area contributed by atoms with Gasteiger partial charge >= 0.3 is 0 Å². The fourth-order valence-corrected chi connectivity index (χ4v) is 2.78. The summed E-state index contributed by atoms with van der Waals surface area (Å²) < 4.78 is 0. The average molecular weight is 238 g/mol. The Morgan fingerprint density at radius 2 is 2.00 bits per heavy atom. The minimum absolute atomic E-state index is 0.187. The van der Waals surface area contributed by atoms with Crippen molar-refractivity contribution in [3.8, 4) is 0 Å². The molecule has 2 aliphatic carbocycles. The molecule has 3 heteroatoms. The molecule has 0 saturated heterocycles. The average Bonchev–Trinajstić information content (AvgIpc) is 3.13. The van der Waals surface area contributed by atoms with Gasteiger partial charge in [0.1, 0.15) is 0 Å². The lowest BCUT2D eigenvalue weighted by molar-refractivity contribution is -0.121. The first-order valence-electron chi connectivity index (χ1n) is 7.28. The monoisotopic (exact) mass is 238 g/mol. The summed E-state index contributed by atoms with van der Waals surface area (Å²) in [4.78, 5) is 11.7. The number of rotatable bonds is 6. The van der Waals surface area contributed by atoms with Crippen LogP contribution in [0.5, 0.6) is 0 Å². The molecule has 0 heterocycles. The van der Waals surface area contributed by atoms with Crippen molar-refractivity contribution >= 4 is 5.91 Å². The van der Waals surface area contributed by atoms with Crippen LogP contribution in [0.3, 0.4) is 0 Å². The van der Waals surface area contributed by atoms with Crippen LogP contribution in [0, 0.1) is 11.8 Å². The molecular formula is C14H26N2O. The second-order valence-electron chi connectivity index (χ2n) is 5.78. The van der Waals surface area contributed by atoms with Crippen molar-refractivity contribution in [2.75, 3.05) is 13.1 Å². The van der Waals surface area contributed by atoms with Gasteiger partial charge in [-0.05, 0) is 44.1 Å². The lowest BCUT2D eigenvalue weighted by atomic mass is 9.84. The molecule has 3 nitrogen and oxygen atoms in total. The quantitative estimate of drug-likeness (QED) is 0.744. The maximum Gasteiger partial charge on any atom is 0.234 e. The third-order valence-corrected chi connectivity index (χ3v) is 4.14. The summed E-state index contributed by atoms with van der Waals surface area (Å²) in [6.45, 7) is 3.78. The Morgan fingerprint density at radius 3 is 2.71 bits per heavy atom. The van der Waals surface area contributed by atoms with Gasteiger partial charge in [0.25, 0.3) is 0 Å². The molecule has 2 atom stereocenters. The Morgan fingerprint density at radius 1 is 1.18 bits per heavy atom. The predicted octanol–water partition coefficient (Wildman–Crippen LogP) is 2.07. The molecule has 0 aromatic carbocycles. The molecule has 2 N–H and O–H groups in total. The molecule has 0 bridgehead atoms. The largest absolute Gasteiger partial charge is 0.352 e. The molecule has 2 fully saturated rings. The number of hydrogen-bond acceptors (Lipinski definition) is 2. The first-order chi connectivity index (χ1) is 8.28. The molecule has 2 aliphatic rings. The first-order valence-corrected chi connectivity index (χ1v) is 7.28. The van der Waals surface area contributed by atoms with E-state index in [2.05, 4.69) is 17.6 Å². The topological polar surface area (TPSA) is 41.1 Å². The van der Waals surface area contributed by atoms with Crippen LogP contribution in [0.2, 0.25) is 0 Å². The summed E-state index contributed by atoms with van der Waals surface area (Å²) in [5, 5.41) is 6.43. The maximum absolute atomic E-state index is 11.7. The van der Waals surface area contributed by atoms with Crippen molar-refractivity contribution in [3.05, 3.63) is 0 Å².